The number of esters is 1. The summed E-state index contributed by atoms with van der Waals surface area (Å²) in [6.45, 7) is 2.17. The lowest BCUT2D eigenvalue weighted by Gasteiger charge is -2.31. The maximum Gasteiger partial charge on any atom is 0.471 e. The van der Waals surface area contributed by atoms with Crippen molar-refractivity contribution in [3.05, 3.63) is 0 Å². The summed E-state index contributed by atoms with van der Waals surface area (Å²) in [5.74, 6) is -3.36. The van der Waals surface area contributed by atoms with Crippen LogP contribution in [0.3, 0.4) is 0 Å². The van der Waals surface area contributed by atoms with E-state index < -0.39 is 38.5 Å². The Morgan fingerprint density at radius 3 is 1.86 bits per heavy atom. The Bertz CT molecular complexity index is 572. The average molecular weight is 431 g/mol. The van der Waals surface area contributed by atoms with Gasteiger partial charge in [-0.05, 0) is 32.6 Å². The van der Waals surface area contributed by atoms with E-state index in [2.05, 4.69) is 4.74 Å². The largest absolute Gasteiger partial charge is 0.471 e. The number of nitrogens with zero attached hydrogens (tertiary/aromatic N) is 3. The summed E-state index contributed by atoms with van der Waals surface area (Å²) in [4.78, 5) is 23.6. The third-order valence-corrected chi connectivity index (χ3v) is 5.76. The maximum atomic E-state index is 13.3. The van der Waals surface area contributed by atoms with Crippen LogP contribution in [-0.2, 0) is 28.1 Å². The molecule has 2 rings (SSSR count). The van der Waals surface area contributed by atoms with E-state index in [9.17, 15) is 27.3 Å². The van der Waals surface area contributed by atoms with E-state index in [4.69, 9.17) is 9.25 Å². The zero-order valence-corrected chi connectivity index (χ0v) is 16.5. The molecule has 0 unspecified atom stereocenters. The van der Waals surface area contributed by atoms with Gasteiger partial charge >= 0.3 is 25.6 Å². The monoisotopic (exact) mass is 431 g/mol. The lowest BCUT2D eigenvalue weighted by atomic mass is 10.4. The van der Waals surface area contributed by atoms with Crippen LogP contribution in [0.2, 0.25) is 0 Å². The number of rotatable bonds is 9. The highest BCUT2D eigenvalue weighted by molar-refractivity contribution is 7.53. The minimum Gasteiger partial charge on any atom is -0.465 e. The van der Waals surface area contributed by atoms with Gasteiger partial charge in [-0.2, -0.15) is 23.3 Å². The predicted octanol–water partition coefficient (Wildman–Crippen LogP) is 2.15. The molecule has 2 heterocycles. The van der Waals surface area contributed by atoms with Crippen LogP contribution in [0.5, 0.6) is 0 Å². The third-order valence-electron chi connectivity index (χ3n) is 4.11. The molecule has 2 aliphatic rings. The highest BCUT2D eigenvalue weighted by atomic mass is 31.2. The molecule has 0 radical (unpaired) electrons. The molecule has 0 aromatic heterocycles. The summed E-state index contributed by atoms with van der Waals surface area (Å²) in [7, 11) is -4.22. The van der Waals surface area contributed by atoms with Gasteiger partial charge in [-0.15, -0.1) is 0 Å². The van der Waals surface area contributed by atoms with Gasteiger partial charge in [0.15, 0.2) is 0 Å². The van der Waals surface area contributed by atoms with Crippen molar-refractivity contribution < 1.29 is 41.3 Å². The zero-order chi connectivity index (χ0) is 20.8. The molecular formula is C15H25F3N3O6P. The van der Waals surface area contributed by atoms with Gasteiger partial charge in [-0.1, -0.05) is 0 Å². The van der Waals surface area contributed by atoms with Crippen molar-refractivity contribution in [2.45, 2.75) is 38.8 Å². The highest BCUT2D eigenvalue weighted by Gasteiger charge is 2.47. The number of hydroxylamine groups is 4. The summed E-state index contributed by atoms with van der Waals surface area (Å²) >= 11 is 0. The molecule has 0 bridgehead atoms. The molecule has 2 aliphatic heterocycles. The van der Waals surface area contributed by atoms with E-state index in [0.29, 0.717) is 26.2 Å². The second kappa shape index (κ2) is 10.0. The smallest absolute Gasteiger partial charge is 0.465 e. The topological polar surface area (TPSA) is 88.6 Å². The first-order valence-corrected chi connectivity index (χ1v) is 10.9. The van der Waals surface area contributed by atoms with Crippen LogP contribution in [0.1, 0.15) is 32.6 Å². The van der Waals surface area contributed by atoms with Gasteiger partial charge in [0.05, 0.1) is 6.61 Å². The summed E-state index contributed by atoms with van der Waals surface area (Å²) in [5.41, 5.74) is 0. The van der Waals surface area contributed by atoms with Crippen molar-refractivity contribution in [1.82, 2.24) is 15.0 Å². The van der Waals surface area contributed by atoms with Crippen molar-refractivity contribution in [1.29, 1.82) is 0 Å². The summed E-state index contributed by atoms with van der Waals surface area (Å²) in [5, 5.41) is 2.72. The van der Waals surface area contributed by atoms with Gasteiger partial charge in [-0.3, -0.25) is 14.2 Å². The molecule has 0 saturated carbocycles. The molecule has 2 saturated heterocycles. The number of amides is 1. The summed E-state index contributed by atoms with van der Waals surface area (Å²) in [6.07, 6.45) is -3.17. The first kappa shape index (κ1) is 23.1. The quantitative estimate of drug-likeness (QED) is 0.405. The lowest BCUT2D eigenvalue weighted by Crippen LogP contribution is -2.45. The van der Waals surface area contributed by atoms with Crippen LogP contribution < -0.4 is 0 Å². The van der Waals surface area contributed by atoms with Crippen LogP contribution in [0.4, 0.5) is 13.2 Å². The summed E-state index contributed by atoms with van der Waals surface area (Å²) in [6, 6.07) is 0. The van der Waals surface area contributed by atoms with E-state index in [-0.39, 0.29) is 11.5 Å². The normalized spacial score (nSPS) is 19.1. The van der Waals surface area contributed by atoms with Gasteiger partial charge < -0.3 is 9.64 Å². The molecule has 0 aromatic rings. The number of alkyl halides is 3. The van der Waals surface area contributed by atoms with Gasteiger partial charge in [0, 0.05) is 26.2 Å². The van der Waals surface area contributed by atoms with Crippen molar-refractivity contribution in [2.75, 3.05) is 45.6 Å². The molecule has 0 aromatic carbocycles. The molecule has 0 atom stereocenters. The summed E-state index contributed by atoms with van der Waals surface area (Å²) < 4.78 is 67.7. The number of halogens is 3. The second-order valence-electron chi connectivity index (χ2n) is 6.49. The number of hydrogen-bond donors (Lipinski definition) is 0. The Kier molecular flexibility index (Phi) is 8.26. The molecular weight excluding hydrogens is 406 g/mol. The molecule has 0 N–H and O–H groups in total. The highest BCUT2D eigenvalue weighted by Crippen LogP contribution is 2.51. The van der Waals surface area contributed by atoms with Crippen LogP contribution >= 0.6 is 7.60 Å². The Morgan fingerprint density at radius 1 is 1.00 bits per heavy atom. The third kappa shape index (κ3) is 7.00. The zero-order valence-electron chi connectivity index (χ0n) is 15.7. The molecule has 9 nitrogen and oxygen atoms in total. The SMILES string of the molecule is CCOC(=O)CN(CP(=O)(ON1CCCC1)ON1CCCC1)C(=O)C(F)(F)F. The molecule has 0 aliphatic carbocycles. The van der Waals surface area contributed by atoms with E-state index in [1.165, 1.54) is 17.1 Å². The number of ether oxygens (including phenoxy) is 1. The van der Waals surface area contributed by atoms with Crippen LogP contribution in [0, 0.1) is 0 Å². The van der Waals surface area contributed by atoms with Crippen molar-refractivity contribution in [2.24, 2.45) is 0 Å². The minimum atomic E-state index is -5.25. The van der Waals surface area contributed by atoms with Crippen molar-refractivity contribution in [3.8, 4) is 0 Å². The molecule has 0 spiro atoms. The standard InChI is InChI=1S/C15H25F3N3O6P/c1-2-25-13(22)11-19(14(23)15(16,17)18)12-28(24,26-20-7-3-4-8-20)27-21-9-5-6-10-21/h2-12H2,1H3. The fourth-order valence-corrected chi connectivity index (χ4v) is 4.70. The first-order valence-electron chi connectivity index (χ1n) is 9.13. The molecule has 13 heteroatoms. The minimum absolute atomic E-state index is 0.0703. The molecule has 2 fully saturated rings. The van der Waals surface area contributed by atoms with Crippen LogP contribution in [0.15, 0.2) is 0 Å². The van der Waals surface area contributed by atoms with Gasteiger partial charge in [0.25, 0.3) is 0 Å². The second-order valence-corrected chi connectivity index (χ2v) is 8.33. The Balaban J connectivity index is 2.19. The molecule has 162 valence electrons. The van der Waals surface area contributed by atoms with Gasteiger partial charge in [0.2, 0.25) is 0 Å². The lowest BCUT2D eigenvalue weighted by molar-refractivity contribution is -0.186. The Labute approximate surface area is 161 Å². The first-order chi connectivity index (χ1) is 13.1. The van der Waals surface area contributed by atoms with Crippen molar-refractivity contribution >= 4 is 19.5 Å². The number of hydrogen-bond acceptors (Lipinski definition) is 8. The van der Waals surface area contributed by atoms with E-state index in [1.807, 2.05) is 0 Å². The van der Waals surface area contributed by atoms with E-state index in [0.717, 1.165) is 25.7 Å². The fraction of sp³-hybridized carbons (Fsp3) is 0.867. The van der Waals surface area contributed by atoms with E-state index >= 15 is 0 Å². The Hall–Kier alpha value is -1.20. The number of carbonyl (C=O) groups excluding carboxylic acids is 2. The van der Waals surface area contributed by atoms with Crippen molar-refractivity contribution in [3.63, 3.8) is 0 Å². The maximum absolute atomic E-state index is 13.3. The van der Waals surface area contributed by atoms with E-state index in [1.54, 1.807) is 0 Å². The van der Waals surface area contributed by atoms with Gasteiger partial charge in [-0.25, -0.2) is 9.25 Å². The average Bonchev–Trinajstić information content (AvgIpc) is 3.26. The predicted molar refractivity (Wildman–Crippen MR) is 90.7 cm³/mol. The fourth-order valence-electron chi connectivity index (χ4n) is 2.89. The molecule has 1 amide bonds. The van der Waals surface area contributed by atoms with Crippen LogP contribution in [0.25, 0.3) is 0 Å². The van der Waals surface area contributed by atoms with Crippen LogP contribution in [-0.4, -0.2) is 78.7 Å². The number of carbonyl (C=O) groups is 2. The Morgan fingerprint density at radius 2 is 1.46 bits per heavy atom. The molecule has 28 heavy (non-hydrogen) atoms. The van der Waals surface area contributed by atoms with Gasteiger partial charge in [0.1, 0.15) is 12.8 Å².